The van der Waals surface area contributed by atoms with Crippen LogP contribution in [0.1, 0.15) is 23.3 Å². The normalized spacial score (nSPS) is 13.0. The van der Waals surface area contributed by atoms with Crippen LogP contribution >= 0.6 is 0 Å². The van der Waals surface area contributed by atoms with Gasteiger partial charge in [-0.2, -0.15) is 0 Å². The summed E-state index contributed by atoms with van der Waals surface area (Å²) in [6.45, 7) is 0.0374. The lowest BCUT2D eigenvalue weighted by Gasteiger charge is -2.17. The van der Waals surface area contributed by atoms with Crippen molar-refractivity contribution in [2.75, 3.05) is 20.8 Å². The van der Waals surface area contributed by atoms with E-state index < -0.39 is 12.1 Å². The Hall–Kier alpha value is -2.57. The Morgan fingerprint density at radius 3 is 2.21 bits per heavy atom. The van der Waals surface area contributed by atoms with E-state index in [1.54, 1.807) is 30.3 Å². The van der Waals surface area contributed by atoms with Gasteiger partial charge in [0.1, 0.15) is 17.5 Å². The van der Waals surface area contributed by atoms with Crippen LogP contribution in [0.3, 0.4) is 0 Å². The van der Waals surface area contributed by atoms with Crippen LogP contribution in [0.5, 0.6) is 11.5 Å². The van der Waals surface area contributed by atoms with E-state index in [1.165, 1.54) is 14.2 Å². The zero-order valence-electron chi connectivity index (χ0n) is 13.7. The lowest BCUT2D eigenvalue weighted by atomic mass is 10.1. The number of aliphatic hydroxyl groups excluding tert-OH is 1. The van der Waals surface area contributed by atoms with Crippen LogP contribution in [0, 0.1) is 0 Å². The van der Waals surface area contributed by atoms with E-state index >= 15 is 0 Å². The lowest BCUT2D eigenvalue weighted by molar-refractivity contribution is -0.122. The summed E-state index contributed by atoms with van der Waals surface area (Å²) in [6.07, 6.45) is -0.902. The van der Waals surface area contributed by atoms with Gasteiger partial charge in [0.15, 0.2) is 0 Å². The van der Waals surface area contributed by atoms with Crippen molar-refractivity contribution in [2.24, 2.45) is 5.73 Å². The quantitative estimate of drug-likeness (QED) is 0.716. The Labute approximate surface area is 141 Å². The average molecular weight is 330 g/mol. The number of ether oxygens (including phenoxy) is 2. The monoisotopic (exact) mass is 330 g/mol. The van der Waals surface area contributed by atoms with Gasteiger partial charge in [0.2, 0.25) is 5.91 Å². The van der Waals surface area contributed by atoms with E-state index in [-0.39, 0.29) is 12.5 Å². The fourth-order valence-corrected chi connectivity index (χ4v) is 2.26. The molecule has 0 bridgehead atoms. The molecule has 0 heterocycles. The third-order valence-electron chi connectivity index (χ3n) is 3.67. The zero-order chi connectivity index (χ0) is 17.5. The number of hydrogen-bond donors (Lipinski definition) is 3. The van der Waals surface area contributed by atoms with Gasteiger partial charge in [-0.3, -0.25) is 4.79 Å². The van der Waals surface area contributed by atoms with Crippen LogP contribution in [0.2, 0.25) is 0 Å². The van der Waals surface area contributed by atoms with Crippen LogP contribution in [-0.4, -0.2) is 31.8 Å². The SMILES string of the molecule is COc1cc(OC)cc(C(O)CNC(=O)C(N)c2ccccc2)c1. The number of carbonyl (C=O) groups is 1. The highest BCUT2D eigenvalue weighted by molar-refractivity contribution is 5.82. The molecule has 4 N–H and O–H groups in total. The van der Waals surface area contributed by atoms with Gasteiger partial charge in [-0.05, 0) is 23.3 Å². The summed E-state index contributed by atoms with van der Waals surface area (Å²) in [7, 11) is 3.07. The number of hydrogen-bond acceptors (Lipinski definition) is 5. The predicted molar refractivity (Wildman–Crippen MR) is 90.9 cm³/mol. The van der Waals surface area contributed by atoms with Crippen molar-refractivity contribution < 1.29 is 19.4 Å². The molecule has 2 aromatic carbocycles. The molecule has 0 aliphatic carbocycles. The van der Waals surface area contributed by atoms with Gasteiger partial charge < -0.3 is 25.6 Å². The summed E-state index contributed by atoms with van der Waals surface area (Å²) in [6, 6.07) is 13.4. The zero-order valence-corrected chi connectivity index (χ0v) is 13.7. The van der Waals surface area contributed by atoms with Crippen molar-refractivity contribution in [1.82, 2.24) is 5.32 Å². The first-order valence-corrected chi connectivity index (χ1v) is 7.54. The molecule has 0 aliphatic heterocycles. The highest BCUT2D eigenvalue weighted by Gasteiger charge is 2.17. The number of carbonyl (C=O) groups excluding carboxylic acids is 1. The van der Waals surface area contributed by atoms with E-state index in [0.29, 0.717) is 22.6 Å². The molecular formula is C18H22N2O4. The standard InChI is InChI=1S/C18H22N2O4/c1-23-14-8-13(9-15(10-14)24-2)16(21)11-20-18(22)17(19)12-6-4-3-5-7-12/h3-10,16-17,21H,11,19H2,1-2H3,(H,20,22). The Morgan fingerprint density at radius 2 is 1.67 bits per heavy atom. The second-order valence-corrected chi connectivity index (χ2v) is 5.30. The smallest absolute Gasteiger partial charge is 0.241 e. The summed E-state index contributed by atoms with van der Waals surface area (Å²) in [5, 5.41) is 13.0. The second-order valence-electron chi connectivity index (χ2n) is 5.30. The molecule has 2 rings (SSSR count). The van der Waals surface area contributed by atoms with Crippen molar-refractivity contribution in [3.8, 4) is 11.5 Å². The Bertz CT molecular complexity index is 654. The molecule has 0 aromatic heterocycles. The molecule has 0 aliphatic rings. The maximum atomic E-state index is 12.1. The molecular weight excluding hydrogens is 308 g/mol. The third kappa shape index (κ3) is 4.47. The minimum atomic E-state index is -0.902. The van der Waals surface area contributed by atoms with Crippen LogP contribution < -0.4 is 20.5 Å². The number of benzene rings is 2. The van der Waals surface area contributed by atoms with E-state index in [0.717, 1.165) is 0 Å². The first-order chi connectivity index (χ1) is 11.5. The van der Waals surface area contributed by atoms with Gasteiger partial charge in [-0.25, -0.2) is 0 Å². The Kier molecular flexibility index (Phi) is 6.17. The minimum absolute atomic E-state index is 0.0374. The molecule has 0 saturated carbocycles. The maximum Gasteiger partial charge on any atom is 0.241 e. The highest BCUT2D eigenvalue weighted by Crippen LogP contribution is 2.26. The molecule has 0 spiro atoms. The molecule has 24 heavy (non-hydrogen) atoms. The first kappa shape index (κ1) is 17.8. The largest absolute Gasteiger partial charge is 0.497 e. The number of aliphatic hydroxyl groups is 1. The number of nitrogens with two attached hydrogens (primary N) is 1. The summed E-state index contributed by atoms with van der Waals surface area (Å²) < 4.78 is 10.3. The van der Waals surface area contributed by atoms with Gasteiger partial charge in [0, 0.05) is 12.6 Å². The number of amides is 1. The molecule has 2 atom stereocenters. The van der Waals surface area contributed by atoms with Gasteiger partial charge in [-0.1, -0.05) is 30.3 Å². The summed E-state index contributed by atoms with van der Waals surface area (Å²) in [4.78, 5) is 12.1. The van der Waals surface area contributed by atoms with E-state index in [9.17, 15) is 9.90 Å². The van der Waals surface area contributed by atoms with E-state index in [1.807, 2.05) is 18.2 Å². The molecule has 6 heteroatoms. The molecule has 6 nitrogen and oxygen atoms in total. The van der Waals surface area contributed by atoms with Crippen LogP contribution in [0.4, 0.5) is 0 Å². The maximum absolute atomic E-state index is 12.1. The van der Waals surface area contributed by atoms with Gasteiger partial charge >= 0.3 is 0 Å². The summed E-state index contributed by atoms with van der Waals surface area (Å²) >= 11 is 0. The lowest BCUT2D eigenvalue weighted by Crippen LogP contribution is -2.36. The average Bonchev–Trinajstić information content (AvgIpc) is 2.65. The molecule has 2 aromatic rings. The summed E-state index contributed by atoms with van der Waals surface area (Å²) in [5.41, 5.74) is 7.22. The number of rotatable bonds is 7. The molecule has 0 saturated heterocycles. The minimum Gasteiger partial charge on any atom is -0.497 e. The van der Waals surface area contributed by atoms with Crippen molar-refractivity contribution >= 4 is 5.91 Å². The van der Waals surface area contributed by atoms with Crippen LogP contribution in [-0.2, 0) is 4.79 Å². The fourth-order valence-electron chi connectivity index (χ4n) is 2.26. The predicted octanol–water partition coefficient (Wildman–Crippen LogP) is 1.55. The van der Waals surface area contributed by atoms with Crippen molar-refractivity contribution in [3.63, 3.8) is 0 Å². The Balaban J connectivity index is 2.00. The van der Waals surface area contributed by atoms with Gasteiger partial charge in [0.25, 0.3) is 0 Å². The van der Waals surface area contributed by atoms with Crippen molar-refractivity contribution in [1.29, 1.82) is 0 Å². The number of methoxy groups -OCH3 is 2. The van der Waals surface area contributed by atoms with Crippen molar-refractivity contribution in [2.45, 2.75) is 12.1 Å². The van der Waals surface area contributed by atoms with E-state index in [4.69, 9.17) is 15.2 Å². The van der Waals surface area contributed by atoms with E-state index in [2.05, 4.69) is 5.32 Å². The molecule has 2 unspecified atom stereocenters. The third-order valence-corrected chi connectivity index (χ3v) is 3.67. The Morgan fingerprint density at radius 1 is 1.08 bits per heavy atom. The highest BCUT2D eigenvalue weighted by atomic mass is 16.5. The molecule has 1 amide bonds. The number of nitrogens with one attached hydrogen (secondary N) is 1. The van der Waals surface area contributed by atoms with Gasteiger partial charge in [0.05, 0.1) is 20.3 Å². The summed E-state index contributed by atoms with van der Waals surface area (Å²) in [5.74, 6) is 0.779. The molecule has 128 valence electrons. The van der Waals surface area contributed by atoms with Gasteiger partial charge in [-0.15, -0.1) is 0 Å². The topological polar surface area (TPSA) is 93.8 Å². The molecule has 0 fully saturated rings. The van der Waals surface area contributed by atoms with Crippen LogP contribution in [0.15, 0.2) is 48.5 Å². The fraction of sp³-hybridized carbons (Fsp3) is 0.278. The second kappa shape index (κ2) is 8.33. The van der Waals surface area contributed by atoms with Crippen LogP contribution in [0.25, 0.3) is 0 Å². The molecule has 0 radical (unpaired) electrons. The van der Waals surface area contributed by atoms with Crippen molar-refractivity contribution in [3.05, 3.63) is 59.7 Å². The first-order valence-electron chi connectivity index (χ1n) is 7.54.